The van der Waals surface area contributed by atoms with E-state index < -0.39 is 27.9 Å². The second kappa shape index (κ2) is 8.99. The first-order chi connectivity index (χ1) is 13.1. The van der Waals surface area contributed by atoms with E-state index in [9.17, 15) is 18.0 Å². The van der Waals surface area contributed by atoms with Crippen LogP contribution in [0.15, 0.2) is 59.5 Å². The van der Waals surface area contributed by atoms with E-state index in [-0.39, 0.29) is 22.9 Å². The third kappa shape index (κ3) is 5.17. The summed E-state index contributed by atoms with van der Waals surface area (Å²) in [6.45, 7) is 3.55. The summed E-state index contributed by atoms with van der Waals surface area (Å²) in [6.07, 6.45) is 0.271. The lowest BCUT2D eigenvalue weighted by molar-refractivity contribution is -0.119. The molecular weight excluding hydrogens is 378 g/mol. The molecule has 2 rings (SSSR count). The molecule has 28 heavy (non-hydrogen) atoms. The van der Waals surface area contributed by atoms with Gasteiger partial charge in [-0.05, 0) is 43.7 Å². The molecule has 2 amide bonds. The van der Waals surface area contributed by atoms with Crippen molar-refractivity contribution in [3.05, 3.63) is 65.7 Å². The maximum absolute atomic E-state index is 12.5. The molecule has 0 bridgehead atoms. The van der Waals surface area contributed by atoms with Gasteiger partial charge in [-0.25, -0.2) is 8.42 Å². The highest BCUT2D eigenvalue weighted by Crippen LogP contribution is 2.17. The Balaban J connectivity index is 2.14. The van der Waals surface area contributed by atoms with Crippen LogP contribution in [0.4, 0.5) is 0 Å². The molecule has 0 heterocycles. The maximum Gasteiger partial charge on any atom is 0.251 e. The van der Waals surface area contributed by atoms with Gasteiger partial charge in [0.15, 0.2) is 0 Å². The smallest absolute Gasteiger partial charge is 0.251 e. The largest absolute Gasteiger partial charge is 0.368 e. The van der Waals surface area contributed by atoms with Crippen molar-refractivity contribution in [3.63, 3.8) is 0 Å². The predicted octanol–water partition coefficient (Wildman–Crippen LogP) is 1.54. The molecule has 2 aromatic carbocycles. The number of carbonyl (C=O) groups excluding carboxylic acids is 2. The molecule has 0 saturated carbocycles. The van der Waals surface area contributed by atoms with Crippen LogP contribution in [-0.4, -0.2) is 43.7 Å². The lowest BCUT2D eigenvalue weighted by atomic mass is 10.0. The number of amides is 2. The fraction of sp³-hybridized carbons (Fsp3) is 0.300. The fourth-order valence-corrected chi connectivity index (χ4v) is 3.90. The van der Waals surface area contributed by atoms with E-state index in [1.807, 2.05) is 30.3 Å². The third-order valence-electron chi connectivity index (χ3n) is 4.45. The average molecular weight is 404 g/mol. The number of sulfonamides is 1. The molecule has 0 fully saturated rings. The summed E-state index contributed by atoms with van der Waals surface area (Å²) in [6, 6.07) is 13.7. The minimum atomic E-state index is -3.63. The Morgan fingerprint density at radius 1 is 1.04 bits per heavy atom. The van der Waals surface area contributed by atoms with E-state index in [0.29, 0.717) is 0 Å². The summed E-state index contributed by atoms with van der Waals surface area (Å²) in [5.74, 6) is -1.14. The van der Waals surface area contributed by atoms with E-state index >= 15 is 0 Å². The van der Waals surface area contributed by atoms with Crippen molar-refractivity contribution in [1.82, 2.24) is 9.62 Å². The van der Waals surface area contributed by atoms with E-state index in [2.05, 4.69) is 5.32 Å². The lowest BCUT2D eigenvalue weighted by Gasteiger charge is -2.21. The van der Waals surface area contributed by atoms with E-state index in [1.54, 1.807) is 13.8 Å². The van der Waals surface area contributed by atoms with Crippen LogP contribution in [0, 0.1) is 0 Å². The molecule has 0 saturated heterocycles. The van der Waals surface area contributed by atoms with Gasteiger partial charge in [-0.1, -0.05) is 30.3 Å². The average Bonchev–Trinajstić information content (AvgIpc) is 2.67. The zero-order valence-electron chi connectivity index (χ0n) is 16.1. The zero-order chi connectivity index (χ0) is 20.9. The summed E-state index contributed by atoms with van der Waals surface area (Å²) in [5.41, 5.74) is 6.52. The van der Waals surface area contributed by atoms with Crippen LogP contribution in [0.3, 0.4) is 0 Å². The summed E-state index contributed by atoms with van der Waals surface area (Å²) >= 11 is 0. The van der Waals surface area contributed by atoms with Crippen molar-refractivity contribution in [1.29, 1.82) is 0 Å². The number of hydrogen-bond donors (Lipinski definition) is 2. The fourth-order valence-electron chi connectivity index (χ4n) is 2.54. The molecule has 3 N–H and O–H groups in total. The van der Waals surface area contributed by atoms with Crippen molar-refractivity contribution in [2.75, 3.05) is 7.05 Å². The van der Waals surface area contributed by atoms with Gasteiger partial charge in [0.25, 0.3) is 5.91 Å². The highest BCUT2D eigenvalue weighted by molar-refractivity contribution is 7.89. The van der Waals surface area contributed by atoms with Crippen molar-refractivity contribution in [2.45, 2.75) is 37.2 Å². The van der Waals surface area contributed by atoms with Gasteiger partial charge in [-0.15, -0.1) is 0 Å². The van der Waals surface area contributed by atoms with E-state index in [0.717, 1.165) is 5.56 Å². The number of carbonyl (C=O) groups is 2. The number of primary amides is 1. The number of rotatable bonds is 8. The summed E-state index contributed by atoms with van der Waals surface area (Å²) in [5, 5.41) is 2.61. The molecule has 0 aliphatic carbocycles. The highest BCUT2D eigenvalue weighted by atomic mass is 32.2. The van der Waals surface area contributed by atoms with Gasteiger partial charge in [0.1, 0.15) is 6.04 Å². The minimum Gasteiger partial charge on any atom is -0.368 e. The van der Waals surface area contributed by atoms with Gasteiger partial charge >= 0.3 is 0 Å². The molecular formula is C20H25N3O4S. The van der Waals surface area contributed by atoms with Crippen LogP contribution in [0.5, 0.6) is 0 Å². The first-order valence-electron chi connectivity index (χ1n) is 8.85. The van der Waals surface area contributed by atoms with E-state index in [4.69, 9.17) is 5.73 Å². The topological polar surface area (TPSA) is 110 Å². The lowest BCUT2D eigenvalue weighted by Crippen LogP contribution is -2.45. The Morgan fingerprint density at radius 2 is 1.61 bits per heavy atom. The molecule has 0 spiro atoms. The Bertz CT molecular complexity index is 926. The standard InChI is InChI=1S/C20H25N3O4S/c1-14(2)23(3)28(26,27)17-11-9-16(10-12-17)20(25)22-18(19(21)24)13-15-7-5-4-6-8-15/h4-12,14,18H,13H2,1-3H3,(H2,21,24)(H,22,25). The van der Waals surface area contributed by atoms with Crippen LogP contribution >= 0.6 is 0 Å². The molecule has 1 atom stereocenters. The first kappa shape index (κ1) is 21.6. The van der Waals surface area contributed by atoms with Gasteiger partial charge in [-0.2, -0.15) is 4.31 Å². The number of hydrogen-bond acceptors (Lipinski definition) is 4. The zero-order valence-corrected chi connectivity index (χ0v) is 16.9. The molecule has 2 aromatic rings. The molecule has 150 valence electrons. The molecule has 7 nitrogen and oxygen atoms in total. The Morgan fingerprint density at radius 3 is 2.11 bits per heavy atom. The monoisotopic (exact) mass is 403 g/mol. The van der Waals surface area contributed by atoms with Crippen LogP contribution in [0.2, 0.25) is 0 Å². The highest BCUT2D eigenvalue weighted by Gasteiger charge is 2.24. The number of nitrogens with one attached hydrogen (secondary N) is 1. The summed E-state index contributed by atoms with van der Waals surface area (Å²) < 4.78 is 26.2. The van der Waals surface area contributed by atoms with Gasteiger partial charge in [0, 0.05) is 25.1 Å². The van der Waals surface area contributed by atoms with Gasteiger partial charge in [0.2, 0.25) is 15.9 Å². The van der Waals surface area contributed by atoms with E-state index in [1.165, 1.54) is 35.6 Å². The number of nitrogens with two attached hydrogens (primary N) is 1. The molecule has 0 radical (unpaired) electrons. The minimum absolute atomic E-state index is 0.0935. The number of nitrogens with zero attached hydrogens (tertiary/aromatic N) is 1. The van der Waals surface area contributed by atoms with Crippen LogP contribution in [0.1, 0.15) is 29.8 Å². The molecule has 1 unspecified atom stereocenters. The van der Waals surface area contributed by atoms with Crippen molar-refractivity contribution in [3.8, 4) is 0 Å². The van der Waals surface area contributed by atoms with Gasteiger partial charge in [0.05, 0.1) is 4.90 Å². The predicted molar refractivity (Wildman–Crippen MR) is 107 cm³/mol. The Kier molecular flexibility index (Phi) is 6.93. The normalized spacial score (nSPS) is 12.8. The van der Waals surface area contributed by atoms with Crippen molar-refractivity contribution < 1.29 is 18.0 Å². The molecule has 0 aliphatic rings. The van der Waals surface area contributed by atoms with Gasteiger partial charge in [-0.3, -0.25) is 9.59 Å². The SMILES string of the molecule is CC(C)N(C)S(=O)(=O)c1ccc(C(=O)NC(Cc2ccccc2)C(N)=O)cc1. The van der Waals surface area contributed by atoms with Crippen LogP contribution in [0.25, 0.3) is 0 Å². The maximum atomic E-state index is 12.5. The molecule has 0 aromatic heterocycles. The van der Waals surface area contributed by atoms with Crippen LogP contribution < -0.4 is 11.1 Å². The van der Waals surface area contributed by atoms with Gasteiger partial charge < -0.3 is 11.1 Å². The van der Waals surface area contributed by atoms with Crippen molar-refractivity contribution in [2.24, 2.45) is 5.73 Å². The summed E-state index contributed by atoms with van der Waals surface area (Å²) in [7, 11) is -2.13. The summed E-state index contributed by atoms with van der Waals surface area (Å²) in [4.78, 5) is 24.3. The Hall–Kier alpha value is -2.71. The second-order valence-electron chi connectivity index (χ2n) is 6.76. The third-order valence-corrected chi connectivity index (χ3v) is 6.50. The first-order valence-corrected chi connectivity index (χ1v) is 10.3. The second-order valence-corrected chi connectivity index (χ2v) is 8.76. The van der Waals surface area contributed by atoms with Crippen molar-refractivity contribution >= 4 is 21.8 Å². The van der Waals surface area contributed by atoms with Crippen LogP contribution in [-0.2, 0) is 21.2 Å². The molecule has 0 aliphatic heterocycles. The molecule has 8 heteroatoms. The Labute approximate surface area is 165 Å². The number of benzene rings is 2. The quantitative estimate of drug-likeness (QED) is 0.697.